The quantitative estimate of drug-likeness (QED) is 0.568. The van der Waals surface area contributed by atoms with E-state index in [1.54, 1.807) is 48.5 Å². The third kappa shape index (κ3) is 3.21. The predicted molar refractivity (Wildman–Crippen MR) is 97.3 cm³/mol. The molecule has 0 atom stereocenters. The standard InChI is InChI=1S/C20H14N2O4/c23-19(17-9-4-10-25-17)21-14-6-3-7-15(12-14)22-20(24)18-11-13-5-1-2-8-16(13)26-18/h1-12H,(H,21,23)(H,22,24). The number of carbonyl (C=O) groups excluding carboxylic acids is 2. The first-order chi connectivity index (χ1) is 12.7. The molecular formula is C20H14N2O4. The van der Waals surface area contributed by atoms with Crippen LogP contribution >= 0.6 is 0 Å². The van der Waals surface area contributed by atoms with Crippen LogP contribution in [0.25, 0.3) is 11.0 Å². The molecule has 2 amide bonds. The van der Waals surface area contributed by atoms with Crippen LogP contribution in [0.3, 0.4) is 0 Å². The van der Waals surface area contributed by atoms with Gasteiger partial charge in [-0.3, -0.25) is 9.59 Å². The van der Waals surface area contributed by atoms with E-state index < -0.39 is 0 Å². The van der Waals surface area contributed by atoms with Crippen molar-refractivity contribution in [3.8, 4) is 0 Å². The van der Waals surface area contributed by atoms with Gasteiger partial charge in [0.2, 0.25) is 0 Å². The van der Waals surface area contributed by atoms with Crippen LogP contribution in [0.5, 0.6) is 0 Å². The third-order valence-corrected chi connectivity index (χ3v) is 3.77. The Kier molecular flexibility index (Phi) is 3.99. The van der Waals surface area contributed by atoms with Crippen LogP contribution < -0.4 is 10.6 Å². The highest BCUT2D eigenvalue weighted by Crippen LogP contribution is 2.21. The summed E-state index contributed by atoms with van der Waals surface area (Å²) in [5, 5.41) is 6.33. The molecule has 0 aliphatic carbocycles. The van der Waals surface area contributed by atoms with Gasteiger partial charge in [0.25, 0.3) is 11.8 Å². The molecule has 0 saturated carbocycles. The second-order valence-electron chi connectivity index (χ2n) is 5.61. The van der Waals surface area contributed by atoms with Gasteiger partial charge in [-0.15, -0.1) is 0 Å². The summed E-state index contributed by atoms with van der Waals surface area (Å²) in [7, 11) is 0. The fraction of sp³-hybridized carbons (Fsp3) is 0. The molecule has 2 N–H and O–H groups in total. The number of furan rings is 2. The lowest BCUT2D eigenvalue weighted by atomic mass is 10.2. The highest BCUT2D eigenvalue weighted by molar-refractivity contribution is 6.05. The molecule has 0 saturated heterocycles. The maximum absolute atomic E-state index is 12.4. The molecule has 2 heterocycles. The van der Waals surface area contributed by atoms with Gasteiger partial charge in [-0.05, 0) is 42.5 Å². The van der Waals surface area contributed by atoms with E-state index in [9.17, 15) is 9.59 Å². The zero-order valence-electron chi connectivity index (χ0n) is 13.6. The molecule has 6 nitrogen and oxygen atoms in total. The number of amides is 2. The second-order valence-corrected chi connectivity index (χ2v) is 5.61. The molecule has 128 valence electrons. The minimum absolute atomic E-state index is 0.210. The van der Waals surface area contributed by atoms with Crippen molar-refractivity contribution in [1.82, 2.24) is 0 Å². The van der Waals surface area contributed by atoms with Gasteiger partial charge < -0.3 is 19.5 Å². The first-order valence-corrected chi connectivity index (χ1v) is 7.94. The Labute approximate surface area is 148 Å². The highest BCUT2D eigenvalue weighted by Gasteiger charge is 2.13. The monoisotopic (exact) mass is 346 g/mol. The molecule has 4 rings (SSSR count). The van der Waals surface area contributed by atoms with Gasteiger partial charge in [-0.1, -0.05) is 24.3 Å². The Balaban J connectivity index is 1.49. The van der Waals surface area contributed by atoms with E-state index in [-0.39, 0.29) is 23.3 Å². The van der Waals surface area contributed by atoms with E-state index in [4.69, 9.17) is 8.83 Å². The molecule has 2 aromatic carbocycles. The number of hydrogen-bond acceptors (Lipinski definition) is 4. The predicted octanol–water partition coefficient (Wildman–Crippen LogP) is 4.53. The fourth-order valence-corrected chi connectivity index (χ4v) is 2.56. The van der Waals surface area contributed by atoms with Crippen LogP contribution in [0.15, 0.2) is 81.8 Å². The van der Waals surface area contributed by atoms with Crippen molar-refractivity contribution in [2.24, 2.45) is 0 Å². The van der Waals surface area contributed by atoms with Crippen LogP contribution in [0.4, 0.5) is 11.4 Å². The Hall–Kier alpha value is -3.80. The lowest BCUT2D eigenvalue weighted by Crippen LogP contribution is -2.13. The van der Waals surface area contributed by atoms with Crippen molar-refractivity contribution in [3.05, 3.63) is 84.5 Å². The van der Waals surface area contributed by atoms with E-state index in [2.05, 4.69) is 10.6 Å². The van der Waals surface area contributed by atoms with E-state index >= 15 is 0 Å². The number of rotatable bonds is 4. The molecule has 4 aromatic rings. The SMILES string of the molecule is O=C(Nc1cccc(NC(=O)c2cc3ccccc3o2)c1)c1ccco1. The Morgan fingerprint density at radius 3 is 2.15 bits per heavy atom. The van der Waals surface area contributed by atoms with Gasteiger partial charge in [-0.25, -0.2) is 0 Å². The Morgan fingerprint density at radius 2 is 1.46 bits per heavy atom. The van der Waals surface area contributed by atoms with Crippen molar-refractivity contribution < 1.29 is 18.4 Å². The lowest BCUT2D eigenvalue weighted by molar-refractivity contribution is 0.0991. The van der Waals surface area contributed by atoms with E-state index in [0.717, 1.165) is 5.39 Å². The molecule has 2 aromatic heterocycles. The summed E-state index contributed by atoms with van der Waals surface area (Å²) in [6, 6.07) is 19.1. The topological polar surface area (TPSA) is 84.5 Å². The van der Waals surface area contributed by atoms with E-state index in [0.29, 0.717) is 17.0 Å². The number of para-hydroxylation sites is 1. The van der Waals surface area contributed by atoms with Crippen molar-refractivity contribution in [2.75, 3.05) is 10.6 Å². The highest BCUT2D eigenvalue weighted by atomic mass is 16.3. The minimum Gasteiger partial charge on any atom is -0.459 e. The van der Waals surface area contributed by atoms with Crippen molar-refractivity contribution in [1.29, 1.82) is 0 Å². The summed E-state index contributed by atoms with van der Waals surface area (Å²) in [5.41, 5.74) is 1.72. The lowest BCUT2D eigenvalue weighted by Gasteiger charge is -2.07. The normalized spacial score (nSPS) is 10.6. The summed E-state index contributed by atoms with van der Waals surface area (Å²) in [5.74, 6) is -0.301. The second kappa shape index (κ2) is 6.60. The van der Waals surface area contributed by atoms with Crippen LogP contribution in [0.1, 0.15) is 21.1 Å². The summed E-state index contributed by atoms with van der Waals surface area (Å²) in [4.78, 5) is 24.4. The van der Waals surface area contributed by atoms with Gasteiger partial charge in [0.1, 0.15) is 5.58 Å². The first kappa shape index (κ1) is 15.7. The van der Waals surface area contributed by atoms with Crippen LogP contribution in [-0.2, 0) is 0 Å². The van der Waals surface area contributed by atoms with Crippen molar-refractivity contribution in [2.45, 2.75) is 0 Å². The largest absolute Gasteiger partial charge is 0.459 e. The molecule has 0 fully saturated rings. The number of nitrogens with one attached hydrogen (secondary N) is 2. The summed E-state index contributed by atoms with van der Waals surface area (Å²) >= 11 is 0. The third-order valence-electron chi connectivity index (χ3n) is 3.77. The van der Waals surface area contributed by atoms with Crippen LogP contribution in [0.2, 0.25) is 0 Å². The number of hydrogen-bond donors (Lipinski definition) is 2. The van der Waals surface area contributed by atoms with Gasteiger partial charge in [0.15, 0.2) is 11.5 Å². The van der Waals surface area contributed by atoms with Crippen LogP contribution in [0, 0.1) is 0 Å². The zero-order chi connectivity index (χ0) is 17.9. The maximum atomic E-state index is 12.4. The zero-order valence-corrected chi connectivity index (χ0v) is 13.6. The Bertz CT molecular complexity index is 1050. The molecule has 6 heteroatoms. The molecule has 0 aliphatic rings. The summed E-state index contributed by atoms with van der Waals surface area (Å²) in [6.07, 6.45) is 1.43. The van der Waals surface area contributed by atoms with E-state index in [1.165, 1.54) is 6.26 Å². The Morgan fingerprint density at radius 1 is 0.731 bits per heavy atom. The molecule has 26 heavy (non-hydrogen) atoms. The van der Waals surface area contributed by atoms with Crippen molar-refractivity contribution >= 4 is 34.2 Å². The number of anilines is 2. The fourth-order valence-electron chi connectivity index (χ4n) is 2.56. The smallest absolute Gasteiger partial charge is 0.291 e. The number of fused-ring (bicyclic) bond motifs is 1. The summed E-state index contributed by atoms with van der Waals surface area (Å²) < 4.78 is 10.6. The minimum atomic E-state index is -0.365. The first-order valence-electron chi connectivity index (χ1n) is 7.94. The summed E-state index contributed by atoms with van der Waals surface area (Å²) in [6.45, 7) is 0. The number of benzene rings is 2. The molecule has 0 radical (unpaired) electrons. The van der Waals surface area contributed by atoms with E-state index in [1.807, 2.05) is 18.2 Å². The maximum Gasteiger partial charge on any atom is 0.291 e. The number of carbonyl (C=O) groups is 2. The van der Waals surface area contributed by atoms with Gasteiger partial charge in [-0.2, -0.15) is 0 Å². The molecular weight excluding hydrogens is 332 g/mol. The van der Waals surface area contributed by atoms with Crippen molar-refractivity contribution in [3.63, 3.8) is 0 Å². The van der Waals surface area contributed by atoms with Gasteiger partial charge >= 0.3 is 0 Å². The molecule has 0 spiro atoms. The van der Waals surface area contributed by atoms with Gasteiger partial charge in [0.05, 0.1) is 6.26 Å². The molecule has 0 unspecified atom stereocenters. The molecule has 0 bridgehead atoms. The average molecular weight is 346 g/mol. The average Bonchev–Trinajstić information content (AvgIpc) is 3.31. The molecule has 0 aliphatic heterocycles. The van der Waals surface area contributed by atoms with Gasteiger partial charge in [0, 0.05) is 16.8 Å². The van der Waals surface area contributed by atoms with Crippen LogP contribution in [-0.4, -0.2) is 11.8 Å².